The van der Waals surface area contributed by atoms with Gasteiger partial charge in [0, 0.05) is 24.5 Å². The number of unbranched alkanes of at least 4 members (excludes halogenated alkanes) is 2. The third-order valence-corrected chi connectivity index (χ3v) is 12.3. The highest BCUT2D eigenvalue weighted by Gasteiger charge is 2.73. The normalized spacial score (nSPS) is 21.7. The highest BCUT2D eigenvalue weighted by Crippen LogP contribution is 2.68. The van der Waals surface area contributed by atoms with Crippen LogP contribution in [0.1, 0.15) is 92.9 Å². The lowest BCUT2D eigenvalue weighted by molar-refractivity contribution is -0.757. The minimum Gasteiger partial charge on any atom is -0.496 e. The highest BCUT2D eigenvalue weighted by atomic mass is 35.5. The van der Waals surface area contributed by atoms with E-state index in [4.69, 9.17) is 30.5 Å². The van der Waals surface area contributed by atoms with E-state index in [-0.39, 0.29) is 53.3 Å². The summed E-state index contributed by atoms with van der Waals surface area (Å²) in [6.07, 6.45) is 6.02. The molecule has 3 aromatic carbocycles. The summed E-state index contributed by atoms with van der Waals surface area (Å²) in [6, 6.07) is 16.7. The second-order valence-electron chi connectivity index (χ2n) is 15.8. The number of carbonyl (C=O) groups excluding carboxylic acids is 2. The Balaban J connectivity index is 1.17. The van der Waals surface area contributed by atoms with E-state index >= 15 is 4.79 Å². The molecule has 3 fully saturated rings. The number of hydrogen-bond donors (Lipinski definition) is 0. The lowest BCUT2D eigenvalue weighted by Gasteiger charge is -2.58. The zero-order chi connectivity index (χ0) is 41.4. The van der Waals surface area contributed by atoms with Crippen molar-refractivity contribution in [2.24, 2.45) is 11.3 Å². The number of carbonyl (C=O) groups is 2. The zero-order valence-electron chi connectivity index (χ0n) is 33.9. The van der Waals surface area contributed by atoms with Gasteiger partial charge < -0.3 is 33.6 Å². The lowest BCUT2D eigenvalue weighted by Crippen LogP contribution is -2.71. The van der Waals surface area contributed by atoms with Crippen LogP contribution in [0.25, 0.3) is 0 Å². The van der Waals surface area contributed by atoms with Crippen molar-refractivity contribution in [3.05, 3.63) is 97.8 Å². The molecule has 5 atom stereocenters. The molecule has 2 amide bonds. The van der Waals surface area contributed by atoms with Crippen LogP contribution in [0.3, 0.4) is 0 Å². The smallest absolute Gasteiger partial charge is 0.410 e. The molecule has 2 aliphatic carbocycles. The number of benzene rings is 3. The summed E-state index contributed by atoms with van der Waals surface area (Å²) in [4.78, 5) is 47.6. The lowest BCUT2D eigenvalue weighted by atomic mass is 9.66. The van der Waals surface area contributed by atoms with Crippen LogP contribution in [0.5, 0.6) is 17.2 Å². The maximum Gasteiger partial charge on any atom is 0.410 e. The van der Waals surface area contributed by atoms with Crippen LogP contribution in [0.4, 0.5) is 9.18 Å². The van der Waals surface area contributed by atoms with Gasteiger partial charge in [0.25, 0.3) is 5.09 Å². The van der Waals surface area contributed by atoms with Crippen molar-refractivity contribution in [2.45, 2.75) is 103 Å². The number of methoxy groups -OCH3 is 1. The fourth-order valence-electron chi connectivity index (χ4n) is 9.54. The zero-order valence-corrected chi connectivity index (χ0v) is 34.6. The Labute approximate surface area is 345 Å². The van der Waals surface area contributed by atoms with E-state index in [1.165, 1.54) is 6.07 Å². The average molecular weight is 824 g/mol. The molecule has 58 heavy (non-hydrogen) atoms. The molecule has 0 aromatic heterocycles. The van der Waals surface area contributed by atoms with E-state index in [1.54, 1.807) is 20.1 Å². The van der Waals surface area contributed by atoms with Gasteiger partial charge in [-0.3, -0.25) is 4.79 Å². The predicted molar refractivity (Wildman–Crippen MR) is 216 cm³/mol. The van der Waals surface area contributed by atoms with E-state index in [9.17, 15) is 19.3 Å². The van der Waals surface area contributed by atoms with Crippen molar-refractivity contribution < 1.29 is 42.9 Å². The molecule has 1 aliphatic heterocycles. The summed E-state index contributed by atoms with van der Waals surface area (Å²) in [6.45, 7) is 7.63. The summed E-state index contributed by atoms with van der Waals surface area (Å²) in [7, 11) is 1.64. The van der Waals surface area contributed by atoms with Gasteiger partial charge in [-0.1, -0.05) is 49.2 Å². The van der Waals surface area contributed by atoms with E-state index in [0.29, 0.717) is 57.7 Å². The van der Waals surface area contributed by atoms with Crippen LogP contribution in [-0.4, -0.2) is 79.1 Å². The summed E-state index contributed by atoms with van der Waals surface area (Å²) >= 11 is 6.17. The molecule has 0 N–H and O–H groups in total. The summed E-state index contributed by atoms with van der Waals surface area (Å²) in [5.74, 6) is 0.490. The van der Waals surface area contributed by atoms with E-state index in [0.717, 1.165) is 60.1 Å². The van der Waals surface area contributed by atoms with Gasteiger partial charge in [-0.15, -0.1) is 10.1 Å². The average Bonchev–Trinajstić information content (AvgIpc) is 3.68. The molecule has 0 bridgehead atoms. The fourth-order valence-corrected chi connectivity index (χ4v) is 9.85. The molecule has 1 saturated heterocycles. The molecule has 0 radical (unpaired) electrons. The Morgan fingerprint density at radius 2 is 1.72 bits per heavy atom. The first-order chi connectivity index (χ1) is 28.0. The van der Waals surface area contributed by atoms with Crippen molar-refractivity contribution in [2.75, 3.05) is 40.1 Å². The van der Waals surface area contributed by atoms with E-state index in [1.807, 2.05) is 53.1 Å². The molecular weight excluding hydrogens is 769 g/mol. The SMILES string of the molecule is CCCN(Cc1ccc(OC)c(C)c1)C(=O)C1C(c2ccc(OCCCCOc3c(F)cc(C)cc3Cl)cc2)CC23CCCC2N(C(=O)OCCCCO[N+](=O)[O-])C13. The number of hydrogen-bond acceptors (Lipinski definition) is 9. The van der Waals surface area contributed by atoms with Crippen LogP contribution >= 0.6 is 11.6 Å². The number of ether oxygens (including phenoxy) is 4. The minimum atomic E-state index is -0.828. The molecule has 2 saturated carbocycles. The standard InChI is InChI=1S/C44H55ClFN3O9/c1-5-19-47(28-31-12-17-37(54-4)30(3)26-31)42(50)39-34(27-44-18-10-11-38(44)48(41(39)44)43(51)57-22-8-9-23-58-49(52)53)32-13-15-33(16-14-32)55-20-6-7-21-56-40-35(45)24-29(2)25-36(40)46/h12-17,24-26,34,38-39,41H,5-11,18-23,27-28H2,1-4H3. The van der Waals surface area contributed by atoms with Gasteiger partial charge in [-0.2, -0.15) is 0 Å². The van der Waals surface area contributed by atoms with Crippen molar-refractivity contribution in [1.82, 2.24) is 9.80 Å². The maximum atomic E-state index is 15.1. The van der Waals surface area contributed by atoms with Gasteiger partial charge in [0.05, 0.1) is 50.5 Å². The Morgan fingerprint density at radius 3 is 2.41 bits per heavy atom. The monoisotopic (exact) mass is 823 g/mol. The molecule has 3 aliphatic rings. The molecule has 6 rings (SSSR count). The molecule has 5 unspecified atom stereocenters. The quantitative estimate of drug-likeness (QED) is 0.0622. The van der Waals surface area contributed by atoms with Crippen LogP contribution in [0, 0.1) is 41.1 Å². The number of amides is 2. The van der Waals surface area contributed by atoms with Gasteiger partial charge in [0.2, 0.25) is 5.91 Å². The van der Waals surface area contributed by atoms with Crippen LogP contribution in [0.2, 0.25) is 5.02 Å². The van der Waals surface area contributed by atoms with Crippen molar-refractivity contribution in [3.8, 4) is 17.2 Å². The number of aryl methyl sites for hydroxylation is 2. The Morgan fingerprint density at radius 1 is 1.00 bits per heavy atom. The van der Waals surface area contributed by atoms with Gasteiger partial charge in [0.1, 0.15) is 11.5 Å². The van der Waals surface area contributed by atoms with Gasteiger partial charge in [-0.05, 0) is 124 Å². The highest BCUT2D eigenvalue weighted by molar-refractivity contribution is 6.32. The largest absolute Gasteiger partial charge is 0.496 e. The Hall–Kier alpha value is -4.78. The third kappa shape index (κ3) is 9.40. The molecule has 3 aromatic rings. The molecule has 12 nitrogen and oxygen atoms in total. The third-order valence-electron chi connectivity index (χ3n) is 12.0. The van der Waals surface area contributed by atoms with E-state index in [2.05, 4.69) is 17.8 Å². The first-order valence-corrected chi connectivity index (χ1v) is 20.8. The molecule has 314 valence electrons. The number of rotatable bonds is 20. The molecular formula is C44H55ClFN3O9. The van der Waals surface area contributed by atoms with Crippen molar-refractivity contribution in [1.29, 1.82) is 0 Å². The molecule has 1 spiro atoms. The fraction of sp³-hybridized carbons (Fsp3) is 0.545. The number of nitrogens with zero attached hydrogens (tertiary/aromatic N) is 3. The Kier molecular flexibility index (Phi) is 14.3. The van der Waals surface area contributed by atoms with Gasteiger partial charge >= 0.3 is 6.09 Å². The van der Waals surface area contributed by atoms with Gasteiger partial charge in [-0.25, -0.2) is 9.18 Å². The van der Waals surface area contributed by atoms with Crippen molar-refractivity contribution >= 4 is 23.6 Å². The second-order valence-corrected chi connectivity index (χ2v) is 16.2. The predicted octanol–water partition coefficient (Wildman–Crippen LogP) is 9.23. The summed E-state index contributed by atoms with van der Waals surface area (Å²) in [5, 5.41) is 9.94. The van der Waals surface area contributed by atoms with E-state index < -0.39 is 22.9 Å². The first kappa shape index (κ1) is 42.8. The van der Waals surface area contributed by atoms with Gasteiger partial charge in [0.15, 0.2) is 11.6 Å². The van der Waals surface area contributed by atoms with Crippen LogP contribution in [0.15, 0.2) is 54.6 Å². The summed E-state index contributed by atoms with van der Waals surface area (Å²) < 4.78 is 37.2. The number of likely N-dealkylation sites (tertiary alicyclic amines) is 1. The first-order valence-electron chi connectivity index (χ1n) is 20.4. The minimum absolute atomic E-state index is 0.0166. The van der Waals surface area contributed by atoms with Crippen LogP contribution in [-0.2, 0) is 20.9 Å². The Bertz CT molecular complexity index is 1890. The van der Waals surface area contributed by atoms with Crippen LogP contribution < -0.4 is 14.2 Å². The molecule has 14 heteroatoms. The topological polar surface area (TPSA) is 130 Å². The van der Waals surface area contributed by atoms with Crippen molar-refractivity contribution in [3.63, 3.8) is 0 Å². The summed E-state index contributed by atoms with van der Waals surface area (Å²) in [5.41, 5.74) is 3.57. The maximum absolute atomic E-state index is 15.1. The second kappa shape index (κ2) is 19.3. The molecule has 1 heterocycles. The number of halogens is 2.